The third kappa shape index (κ3) is 4.99. The normalized spacial score (nSPS) is 16.6. The second-order valence-corrected chi connectivity index (χ2v) is 5.26. The fourth-order valence-corrected chi connectivity index (χ4v) is 2.45. The number of carbonyl (C=O) groups excluding carboxylic acids is 1. The Labute approximate surface area is 124 Å². The van der Waals surface area contributed by atoms with Gasteiger partial charge in [-0.1, -0.05) is 0 Å². The number of nitrogens with one attached hydrogen (secondary N) is 1. The lowest BCUT2D eigenvalue weighted by Gasteiger charge is -2.22. The summed E-state index contributed by atoms with van der Waals surface area (Å²) < 4.78 is 12.8. The van der Waals surface area contributed by atoms with Gasteiger partial charge in [0, 0.05) is 25.3 Å². The van der Waals surface area contributed by atoms with Crippen molar-refractivity contribution in [3.63, 3.8) is 0 Å². The highest BCUT2D eigenvalue weighted by molar-refractivity contribution is 5.89. The Morgan fingerprint density at radius 1 is 1.19 bits per heavy atom. The van der Waals surface area contributed by atoms with Crippen LogP contribution in [-0.4, -0.2) is 55.1 Å². The lowest BCUT2D eigenvalue weighted by molar-refractivity contribution is 0.211. The van der Waals surface area contributed by atoms with E-state index in [1.165, 1.54) is 12.1 Å². The summed E-state index contributed by atoms with van der Waals surface area (Å²) in [6.45, 7) is 5.01. The van der Waals surface area contributed by atoms with Gasteiger partial charge in [-0.15, -0.1) is 0 Å². The average Bonchev–Trinajstić information content (AvgIpc) is 2.73. The number of nitrogens with two attached hydrogens (primary N) is 1. The molecule has 6 heteroatoms. The Balaban J connectivity index is 1.83. The smallest absolute Gasteiger partial charge is 0.321 e. The van der Waals surface area contributed by atoms with Gasteiger partial charge in [-0.2, -0.15) is 0 Å². The van der Waals surface area contributed by atoms with Crippen molar-refractivity contribution in [2.75, 3.05) is 44.6 Å². The maximum absolute atomic E-state index is 12.8. The van der Waals surface area contributed by atoms with Crippen molar-refractivity contribution in [3.8, 4) is 0 Å². The molecule has 0 aromatic heterocycles. The third-order valence-corrected chi connectivity index (χ3v) is 3.65. The van der Waals surface area contributed by atoms with Gasteiger partial charge < -0.3 is 20.9 Å². The molecule has 1 saturated heterocycles. The number of hydrogen-bond donors (Lipinski definition) is 2. The first-order chi connectivity index (χ1) is 10.2. The molecule has 0 spiro atoms. The number of hydrogen-bond acceptors (Lipinski definition) is 3. The SMILES string of the molecule is NCCCN1CCCN(C(=O)Nc2ccc(F)cc2)CC1. The van der Waals surface area contributed by atoms with Gasteiger partial charge in [0.25, 0.3) is 0 Å². The molecule has 2 amide bonds. The van der Waals surface area contributed by atoms with Gasteiger partial charge in [-0.25, -0.2) is 9.18 Å². The molecule has 0 radical (unpaired) electrons. The van der Waals surface area contributed by atoms with Crippen LogP contribution in [0.5, 0.6) is 0 Å². The molecule has 0 unspecified atom stereocenters. The number of amides is 2. The summed E-state index contributed by atoms with van der Waals surface area (Å²) in [4.78, 5) is 16.4. The Kier molecular flexibility index (Phi) is 5.95. The molecule has 0 atom stereocenters. The van der Waals surface area contributed by atoms with Crippen molar-refractivity contribution in [2.24, 2.45) is 5.73 Å². The Hall–Kier alpha value is -1.66. The first kappa shape index (κ1) is 15.7. The molecule has 116 valence electrons. The molecule has 1 aliphatic rings. The second-order valence-electron chi connectivity index (χ2n) is 5.26. The van der Waals surface area contributed by atoms with E-state index in [1.54, 1.807) is 12.1 Å². The van der Waals surface area contributed by atoms with Crippen LogP contribution in [0.3, 0.4) is 0 Å². The fraction of sp³-hybridized carbons (Fsp3) is 0.533. The molecule has 1 aromatic rings. The van der Waals surface area contributed by atoms with E-state index in [9.17, 15) is 9.18 Å². The number of anilines is 1. The minimum atomic E-state index is -0.307. The van der Waals surface area contributed by atoms with Crippen molar-refractivity contribution < 1.29 is 9.18 Å². The summed E-state index contributed by atoms with van der Waals surface area (Å²) in [5.41, 5.74) is 6.15. The maximum atomic E-state index is 12.8. The van der Waals surface area contributed by atoms with E-state index < -0.39 is 0 Å². The average molecular weight is 294 g/mol. The molecule has 1 aliphatic heterocycles. The quantitative estimate of drug-likeness (QED) is 0.889. The number of benzene rings is 1. The first-order valence-electron chi connectivity index (χ1n) is 7.43. The first-order valence-corrected chi connectivity index (χ1v) is 7.43. The maximum Gasteiger partial charge on any atom is 0.321 e. The lowest BCUT2D eigenvalue weighted by Crippen LogP contribution is -2.38. The molecule has 0 bridgehead atoms. The van der Waals surface area contributed by atoms with Gasteiger partial charge in [0.2, 0.25) is 0 Å². The molecule has 0 saturated carbocycles. The molecule has 1 heterocycles. The van der Waals surface area contributed by atoms with Gasteiger partial charge in [-0.05, 0) is 56.7 Å². The number of urea groups is 1. The third-order valence-electron chi connectivity index (χ3n) is 3.65. The van der Waals surface area contributed by atoms with Crippen molar-refractivity contribution in [3.05, 3.63) is 30.1 Å². The van der Waals surface area contributed by atoms with Crippen LogP contribution in [-0.2, 0) is 0 Å². The molecule has 0 aliphatic carbocycles. The molecular formula is C15H23FN4O. The summed E-state index contributed by atoms with van der Waals surface area (Å²) in [7, 11) is 0. The molecule has 2 rings (SSSR count). The zero-order chi connectivity index (χ0) is 15.1. The van der Waals surface area contributed by atoms with Crippen molar-refractivity contribution in [1.82, 2.24) is 9.80 Å². The Bertz CT molecular complexity index is 451. The van der Waals surface area contributed by atoms with E-state index in [2.05, 4.69) is 10.2 Å². The largest absolute Gasteiger partial charge is 0.330 e. The lowest BCUT2D eigenvalue weighted by atomic mass is 10.3. The summed E-state index contributed by atoms with van der Waals surface area (Å²) in [5, 5.41) is 2.81. The van der Waals surface area contributed by atoms with Crippen LogP contribution in [0.15, 0.2) is 24.3 Å². The number of rotatable bonds is 4. The van der Waals surface area contributed by atoms with Crippen LogP contribution in [0.25, 0.3) is 0 Å². The second kappa shape index (κ2) is 7.95. The van der Waals surface area contributed by atoms with Crippen LogP contribution in [0, 0.1) is 5.82 Å². The van der Waals surface area contributed by atoms with Crippen LogP contribution in [0.2, 0.25) is 0 Å². The topological polar surface area (TPSA) is 61.6 Å². The predicted octanol–water partition coefficient (Wildman–Crippen LogP) is 1.71. The molecule has 1 fully saturated rings. The van der Waals surface area contributed by atoms with Gasteiger partial charge in [0.1, 0.15) is 5.82 Å². The van der Waals surface area contributed by atoms with E-state index in [1.807, 2.05) is 4.90 Å². The zero-order valence-corrected chi connectivity index (χ0v) is 12.2. The van der Waals surface area contributed by atoms with E-state index in [0.29, 0.717) is 18.8 Å². The summed E-state index contributed by atoms with van der Waals surface area (Å²) >= 11 is 0. The summed E-state index contributed by atoms with van der Waals surface area (Å²) in [5.74, 6) is -0.307. The van der Waals surface area contributed by atoms with Gasteiger partial charge >= 0.3 is 6.03 Å². The van der Waals surface area contributed by atoms with Crippen LogP contribution >= 0.6 is 0 Å². The van der Waals surface area contributed by atoms with E-state index in [4.69, 9.17) is 5.73 Å². The predicted molar refractivity (Wildman–Crippen MR) is 81.7 cm³/mol. The molecule has 3 N–H and O–H groups in total. The monoisotopic (exact) mass is 294 g/mol. The Morgan fingerprint density at radius 2 is 1.95 bits per heavy atom. The molecule has 1 aromatic carbocycles. The Morgan fingerprint density at radius 3 is 2.67 bits per heavy atom. The van der Waals surface area contributed by atoms with E-state index in [-0.39, 0.29) is 11.8 Å². The van der Waals surface area contributed by atoms with Gasteiger partial charge in [0.15, 0.2) is 0 Å². The highest BCUT2D eigenvalue weighted by atomic mass is 19.1. The fourth-order valence-electron chi connectivity index (χ4n) is 2.45. The zero-order valence-electron chi connectivity index (χ0n) is 12.2. The van der Waals surface area contributed by atoms with Gasteiger partial charge in [0.05, 0.1) is 0 Å². The summed E-state index contributed by atoms with van der Waals surface area (Å²) in [6.07, 6.45) is 1.95. The standard InChI is InChI=1S/C15H23FN4O/c16-13-3-5-14(6-4-13)18-15(21)20-10-2-9-19(11-12-20)8-1-7-17/h3-6H,1-2,7-12,17H2,(H,18,21). The highest BCUT2D eigenvalue weighted by Gasteiger charge is 2.18. The minimum absolute atomic E-state index is 0.123. The van der Waals surface area contributed by atoms with Crippen molar-refractivity contribution in [2.45, 2.75) is 12.8 Å². The molecule has 5 nitrogen and oxygen atoms in total. The molecule has 21 heavy (non-hydrogen) atoms. The van der Waals surface area contributed by atoms with Crippen LogP contribution in [0.1, 0.15) is 12.8 Å². The highest BCUT2D eigenvalue weighted by Crippen LogP contribution is 2.11. The van der Waals surface area contributed by atoms with E-state index in [0.717, 1.165) is 39.0 Å². The van der Waals surface area contributed by atoms with Crippen LogP contribution in [0.4, 0.5) is 14.9 Å². The van der Waals surface area contributed by atoms with E-state index >= 15 is 0 Å². The van der Waals surface area contributed by atoms with Crippen LogP contribution < -0.4 is 11.1 Å². The summed E-state index contributed by atoms with van der Waals surface area (Å²) in [6, 6.07) is 5.69. The number of halogens is 1. The van der Waals surface area contributed by atoms with Crippen molar-refractivity contribution in [1.29, 1.82) is 0 Å². The number of nitrogens with zero attached hydrogens (tertiary/aromatic N) is 2. The van der Waals surface area contributed by atoms with Crippen molar-refractivity contribution >= 4 is 11.7 Å². The van der Waals surface area contributed by atoms with Gasteiger partial charge in [-0.3, -0.25) is 0 Å². The number of carbonyl (C=O) groups is 1. The minimum Gasteiger partial charge on any atom is -0.330 e. The molecular weight excluding hydrogens is 271 g/mol.